The van der Waals surface area contributed by atoms with Crippen molar-refractivity contribution in [2.24, 2.45) is 0 Å². The fourth-order valence-electron chi connectivity index (χ4n) is 2.42. The molecule has 1 aliphatic heterocycles. The Morgan fingerprint density at radius 2 is 2.24 bits per heavy atom. The molecule has 1 aromatic carbocycles. The zero-order valence-electron chi connectivity index (χ0n) is 12.6. The maximum Gasteiger partial charge on any atom is 0.225 e. The van der Waals surface area contributed by atoms with Crippen LogP contribution in [0.4, 0.5) is 5.69 Å². The first-order valence-electron chi connectivity index (χ1n) is 7.08. The number of para-hydroxylation sites is 1. The predicted molar refractivity (Wildman–Crippen MR) is 92.6 cm³/mol. The number of carbonyl (C=O) groups is 1. The van der Waals surface area contributed by atoms with Crippen molar-refractivity contribution in [2.75, 3.05) is 37.8 Å². The number of nitrogens with zero attached hydrogens (tertiary/aromatic N) is 1. The zero-order valence-corrected chi connectivity index (χ0v) is 14.2. The first-order chi connectivity index (χ1) is 9.70. The number of hydrogen-bond acceptors (Lipinski definition) is 4. The van der Waals surface area contributed by atoms with Crippen LogP contribution < -0.4 is 10.6 Å². The number of hydrogen-bond donors (Lipinski definition) is 2. The molecule has 1 aromatic rings. The molecule has 0 aromatic heterocycles. The highest BCUT2D eigenvalue weighted by Gasteiger charge is 2.18. The summed E-state index contributed by atoms with van der Waals surface area (Å²) >= 11 is 1.65. The van der Waals surface area contributed by atoms with Gasteiger partial charge < -0.3 is 10.6 Å². The molecular weight excluding hydrogens is 306 g/mol. The molecule has 118 valence electrons. The first kappa shape index (κ1) is 18.3. The highest BCUT2D eigenvalue weighted by molar-refractivity contribution is 7.98. The molecule has 0 spiro atoms. The minimum atomic E-state index is 0. The molecule has 0 unspecified atom stereocenters. The Balaban J connectivity index is 0.00000220. The molecule has 6 heteroatoms. The van der Waals surface area contributed by atoms with Gasteiger partial charge in [0.1, 0.15) is 0 Å². The van der Waals surface area contributed by atoms with Gasteiger partial charge in [-0.2, -0.15) is 0 Å². The lowest BCUT2D eigenvalue weighted by atomic mass is 10.2. The smallest absolute Gasteiger partial charge is 0.225 e. The summed E-state index contributed by atoms with van der Waals surface area (Å²) in [5.41, 5.74) is 0.915. The van der Waals surface area contributed by atoms with Gasteiger partial charge >= 0.3 is 0 Å². The molecule has 0 saturated carbocycles. The van der Waals surface area contributed by atoms with E-state index in [2.05, 4.69) is 22.5 Å². The van der Waals surface area contributed by atoms with Crippen molar-refractivity contribution in [3.05, 3.63) is 24.3 Å². The van der Waals surface area contributed by atoms with Crippen LogP contribution >= 0.6 is 24.2 Å². The highest BCUT2D eigenvalue weighted by atomic mass is 35.5. The summed E-state index contributed by atoms with van der Waals surface area (Å²) in [4.78, 5) is 15.5. The van der Waals surface area contributed by atoms with E-state index in [-0.39, 0.29) is 18.3 Å². The van der Waals surface area contributed by atoms with Crippen molar-refractivity contribution in [1.29, 1.82) is 0 Å². The molecule has 1 heterocycles. The summed E-state index contributed by atoms with van der Waals surface area (Å²) in [5, 5.41) is 6.38. The number of amides is 1. The van der Waals surface area contributed by atoms with E-state index < -0.39 is 0 Å². The second-order valence-electron chi connectivity index (χ2n) is 5.09. The molecule has 1 aliphatic rings. The number of rotatable bonds is 5. The van der Waals surface area contributed by atoms with Gasteiger partial charge in [0.05, 0.1) is 5.69 Å². The Hall–Kier alpha value is -0.750. The second-order valence-corrected chi connectivity index (χ2v) is 5.94. The molecule has 2 rings (SSSR count). The third-order valence-electron chi connectivity index (χ3n) is 3.65. The second kappa shape index (κ2) is 9.30. The number of carbonyl (C=O) groups excluding carboxylic acids is 1. The Kier molecular flexibility index (Phi) is 8.11. The average molecular weight is 330 g/mol. The molecule has 21 heavy (non-hydrogen) atoms. The molecule has 0 aliphatic carbocycles. The SMILES string of the molecule is CSc1ccccc1NC(=O)CCN1CCNC[C@@H]1C.Cl. The van der Waals surface area contributed by atoms with E-state index >= 15 is 0 Å². The van der Waals surface area contributed by atoms with Crippen molar-refractivity contribution >= 4 is 35.8 Å². The Bertz CT molecular complexity index is 458. The van der Waals surface area contributed by atoms with Crippen LogP contribution in [0.1, 0.15) is 13.3 Å². The van der Waals surface area contributed by atoms with Gasteiger partial charge in [-0.25, -0.2) is 0 Å². The number of halogens is 1. The number of thioether (sulfide) groups is 1. The minimum absolute atomic E-state index is 0. The summed E-state index contributed by atoms with van der Waals surface area (Å²) in [6, 6.07) is 8.43. The number of anilines is 1. The van der Waals surface area contributed by atoms with Crippen molar-refractivity contribution in [1.82, 2.24) is 10.2 Å². The molecule has 1 saturated heterocycles. The van der Waals surface area contributed by atoms with Crippen LogP contribution in [0.25, 0.3) is 0 Å². The van der Waals surface area contributed by atoms with E-state index in [0.29, 0.717) is 12.5 Å². The Morgan fingerprint density at radius 3 is 2.95 bits per heavy atom. The van der Waals surface area contributed by atoms with Gasteiger partial charge in [0.25, 0.3) is 0 Å². The summed E-state index contributed by atoms with van der Waals surface area (Å²) < 4.78 is 0. The monoisotopic (exact) mass is 329 g/mol. The van der Waals surface area contributed by atoms with Crippen LogP contribution in [0, 0.1) is 0 Å². The summed E-state index contributed by atoms with van der Waals surface area (Å²) in [6.45, 7) is 6.08. The van der Waals surface area contributed by atoms with Crippen LogP contribution in [0.3, 0.4) is 0 Å². The molecule has 0 bridgehead atoms. The maximum absolute atomic E-state index is 12.1. The largest absolute Gasteiger partial charge is 0.325 e. The lowest BCUT2D eigenvalue weighted by Gasteiger charge is -2.33. The average Bonchev–Trinajstić information content (AvgIpc) is 2.47. The van der Waals surface area contributed by atoms with Crippen LogP contribution in [0.15, 0.2) is 29.2 Å². The van der Waals surface area contributed by atoms with Gasteiger partial charge in [-0.15, -0.1) is 24.2 Å². The minimum Gasteiger partial charge on any atom is -0.325 e. The van der Waals surface area contributed by atoms with E-state index in [9.17, 15) is 4.79 Å². The molecule has 2 N–H and O–H groups in total. The van der Waals surface area contributed by atoms with Gasteiger partial charge in [0.15, 0.2) is 0 Å². The lowest BCUT2D eigenvalue weighted by molar-refractivity contribution is -0.116. The van der Waals surface area contributed by atoms with Crippen molar-refractivity contribution in [3.8, 4) is 0 Å². The molecule has 1 fully saturated rings. The number of benzene rings is 1. The van der Waals surface area contributed by atoms with Gasteiger partial charge in [-0.05, 0) is 25.3 Å². The van der Waals surface area contributed by atoms with E-state index in [1.165, 1.54) is 0 Å². The fourth-order valence-corrected chi connectivity index (χ4v) is 2.97. The standard InChI is InChI=1S/C15H23N3OS.ClH/c1-12-11-16-8-10-18(12)9-7-15(19)17-13-5-3-4-6-14(13)20-2;/h3-6,12,16H,7-11H2,1-2H3,(H,17,19);1H/t12-;/m0./s1. The van der Waals surface area contributed by atoms with Crippen LogP contribution in [-0.2, 0) is 4.79 Å². The lowest BCUT2D eigenvalue weighted by Crippen LogP contribution is -2.50. The fraction of sp³-hybridized carbons (Fsp3) is 0.533. The normalized spacial score (nSPS) is 18.9. The van der Waals surface area contributed by atoms with E-state index in [0.717, 1.165) is 36.8 Å². The van der Waals surface area contributed by atoms with E-state index in [4.69, 9.17) is 0 Å². The van der Waals surface area contributed by atoms with Gasteiger partial charge in [0.2, 0.25) is 5.91 Å². The van der Waals surface area contributed by atoms with Crippen LogP contribution in [0.5, 0.6) is 0 Å². The van der Waals surface area contributed by atoms with E-state index in [1.807, 2.05) is 30.5 Å². The van der Waals surface area contributed by atoms with Gasteiger partial charge in [0, 0.05) is 43.5 Å². The van der Waals surface area contributed by atoms with Crippen molar-refractivity contribution < 1.29 is 4.79 Å². The third-order valence-corrected chi connectivity index (χ3v) is 4.44. The topological polar surface area (TPSA) is 44.4 Å². The van der Waals surface area contributed by atoms with Crippen LogP contribution in [0.2, 0.25) is 0 Å². The molecule has 4 nitrogen and oxygen atoms in total. The molecule has 1 amide bonds. The quantitative estimate of drug-likeness (QED) is 0.814. The van der Waals surface area contributed by atoms with Crippen molar-refractivity contribution in [3.63, 3.8) is 0 Å². The van der Waals surface area contributed by atoms with Crippen LogP contribution in [-0.4, -0.2) is 49.3 Å². The van der Waals surface area contributed by atoms with E-state index in [1.54, 1.807) is 11.8 Å². The maximum atomic E-state index is 12.1. The third kappa shape index (κ3) is 5.51. The Labute approximate surface area is 137 Å². The van der Waals surface area contributed by atoms with Gasteiger partial charge in [-0.1, -0.05) is 12.1 Å². The van der Waals surface area contributed by atoms with Gasteiger partial charge in [-0.3, -0.25) is 9.69 Å². The molecule has 0 radical (unpaired) electrons. The van der Waals surface area contributed by atoms with Crippen molar-refractivity contribution in [2.45, 2.75) is 24.3 Å². The highest BCUT2D eigenvalue weighted by Crippen LogP contribution is 2.24. The molecular formula is C15H24ClN3OS. The number of piperazine rings is 1. The molecule has 1 atom stereocenters. The first-order valence-corrected chi connectivity index (χ1v) is 8.31. The predicted octanol–water partition coefficient (Wildman–Crippen LogP) is 2.45. The zero-order chi connectivity index (χ0) is 14.4. The summed E-state index contributed by atoms with van der Waals surface area (Å²) in [5.74, 6) is 0.0947. The Morgan fingerprint density at radius 1 is 1.48 bits per heavy atom. The number of nitrogens with one attached hydrogen (secondary N) is 2. The summed E-state index contributed by atoms with van der Waals surface area (Å²) in [6.07, 6.45) is 2.57. The summed E-state index contributed by atoms with van der Waals surface area (Å²) in [7, 11) is 0.